The van der Waals surface area contributed by atoms with Crippen molar-refractivity contribution in [1.82, 2.24) is 9.66 Å². The van der Waals surface area contributed by atoms with Crippen LogP contribution in [0, 0.1) is 0 Å². The first-order valence-electron chi connectivity index (χ1n) is 10.1. The maximum atomic E-state index is 13.2. The predicted molar refractivity (Wildman–Crippen MR) is 128 cm³/mol. The maximum absolute atomic E-state index is 13.2. The van der Waals surface area contributed by atoms with Gasteiger partial charge < -0.3 is 19.3 Å². The first-order valence-corrected chi connectivity index (χ1v) is 10.9. The monoisotopic (exact) mass is 517 g/mol. The molecule has 0 fully saturated rings. The normalized spacial score (nSPS) is 12.3. The van der Waals surface area contributed by atoms with Crippen LogP contribution < -0.4 is 19.8 Å². The molecule has 1 atom stereocenters. The summed E-state index contributed by atoms with van der Waals surface area (Å²) in [7, 11) is 2.86. The van der Waals surface area contributed by atoms with Crippen LogP contribution in [0.4, 0.5) is 0 Å². The van der Waals surface area contributed by atoms with Crippen LogP contribution in [-0.4, -0.2) is 47.3 Å². The van der Waals surface area contributed by atoms with E-state index in [0.29, 0.717) is 22.3 Å². The number of methoxy groups -OCH3 is 2. The van der Waals surface area contributed by atoms with Gasteiger partial charge in [-0.2, -0.15) is 9.78 Å². The summed E-state index contributed by atoms with van der Waals surface area (Å²) < 4.78 is 18.3. The van der Waals surface area contributed by atoms with E-state index in [2.05, 4.69) is 26.0 Å². The highest BCUT2D eigenvalue weighted by Crippen LogP contribution is 2.39. The van der Waals surface area contributed by atoms with E-state index in [1.165, 1.54) is 32.0 Å². The third kappa shape index (κ3) is 5.16. The summed E-state index contributed by atoms with van der Waals surface area (Å²) in [6.07, 6.45) is 0.372. The highest BCUT2D eigenvalue weighted by atomic mass is 79.9. The maximum Gasteiger partial charge on any atom is 0.344 e. The fourth-order valence-electron chi connectivity index (χ4n) is 3.09. The molecule has 3 rings (SSSR count). The lowest BCUT2D eigenvalue weighted by molar-refractivity contribution is -0.144. The minimum atomic E-state index is -1.12. The second-order valence-electron chi connectivity index (χ2n) is 7.50. The number of aliphatic carboxylic acids is 1. The van der Waals surface area contributed by atoms with Gasteiger partial charge in [-0.05, 0) is 37.3 Å². The number of carboxylic acid groups (broad SMARTS) is 1. The molecule has 0 bridgehead atoms. The highest BCUT2D eigenvalue weighted by molar-refractivity contribution is 9.10. The number of halogens is 1. The van der Waals surface area contributed by atoms with Crippen LogP contribution in [0.5, 0.6) is 17.2 Å². The predicted octanol–water partition coefficient (Wildman–Crippen LogP) is 4.03. The van der Waals surface area contributed by atoms with Crippen molar-refractivity contribution in [1.29, 1.82) is 0 Å². The average molecular weight is 518 g/mol. The lowest BCUT2D eigenvalue weighted by atomic mass is 10.2. The van der Waals surface area contributed by atoms with Crippen LogP contribution in [0.1, 0.15) is 38.1 Å². The van der Waals surface area contributed by atoms with E-state index < -0.39 is 12.1 Å². The van der Waals surface area contributed by atoms with Gasteiger partial charge in [-0.3, -0.25) is 4.79 Å². The minimum Gasteiger partial charge on any atom is -0.493 e. The second-order valence-corrected chi connectivity index (χ2v) is 8.42. The number of carbonyl (C=O) groups is 1. The smallest absolute Gasteiger partial charge is 0.344 e. The van der Waals surface area contributed by atoms with Crippen LogP contribution in [0.15, 0.2) is 44.7 Å². The SMILES string of the molecule is COc1cc(C=Nn2c(C(C)C)nc3ccc(Br)cc3c2=O)cc(OC)c1O[C@@H](C)C(=O)O. The lowest BCUT2D eigenvalue weighted by Gasteiger charge is -2.17. The molecule has 0 spiro atoms. The third-order valence-electron chi connectivity index (χ3n) is 4.80. The van der Waals surface area contributed by atoms with Crippen molar-refractivity contribution >= 4 is 39.0 Å². The number of hydrogen-bond donors (Lipinski definition) is 1. The number of rotatable bonds is 8. The molecule has 1 aromatic heterocycles. The summed E-state index contributed by atoms with van der Waals surface area (Å²) >= 11 is 3.39. The minimum absolute atomic E-state index is 0.0553. The summed E-state index contributed by atoms with van der Waals surface area (Å²) in [5.74, 6) is 0.0207. The Morgan fingerprint density at radius 3 is 2.33 bits per heavy atom. The molecule has 0 saturated carbocycles. The third-order valence-corrected chi connectivity index (χ3v) is 5.29. The summed E-state index contributed by atoms with van der Waals surface area (Å²) in [6, 6.07) is 8.55. The van der Waals surface area contributed by atoms with E-state index in [1.807, 2.05) is 19.9 Å². The van der Waals surface area contributed by atoms with Gasteiger partial charge >= 0.3 is 5.97 Å². The van der Waals surface area contributed by atoms with E-state index in [1.54, 1.807) is 24.3 Å². The van der Waals surface area contributed by atoms with Gasteiger partial charge in [-0.25, -0.2) is 9.78 Å². The summed E-state index contributed by atoms with van der Waals surface area (Å²) in [6.45, 7) is 5.27. The molecular formula is C23H24BrN3O6. The van der Waals surface area contributed by atoms with Gasteiger partial charge in [0.15, 0.2) is 17.6 Å². The molecule has 1 heterocycles. The van der Waals surface area contributed by atoms with Crippen LogP contribution in [0.3, 0.4) is 0 Å². The van der Waals surface area contributed by atoms with Gasteiger partial charge in [0.05, 0.1) is 31.3 Å². The zero-order chi connectivity index (χ0) is 24.3. The van der Waals surface area contributed by atoms with Gasteiger partial charge in [-0.1, -0.05) is 29.8 Å². The summed E-state index contributed by atoms with van der Waals surface area (Å²) in [5.41, 5.74) is 0.848. The van der Waals surface area contributed by atoms with Crippen LogP contribution in [0.2, 0.25) is 0 Å². The number of hydrogen-bond acceptors (Lipinski definition) is 7. The van der Waals surface area contributed by atoms with Gasteiger partial charge in [0.2, 0.25) is 5.75 Å². The van der Waals surface area contributed by atoms with E-state index in [9.17, 15) is 9.59 Å². The van der Waals surface area contributed by atoms with Crippen molar-refractivity contribution in [3.8, 4) is 17.2 Å². The Morgan fingerprint density at radius 2 is 1.79 bits per heavy atom. The number of carboxylic acids is 1. The largest absolute Gasteiger partial charge is 0.493 e. The molecule has 0 aliphatic heterocycles. The van der Waals surface area contributed by atoms with Gasteiger partial charge in [0.1, 0.15) is 5.82 Å². The second kappa shape index (κ2) is 10.0. The summed E-state index contributed by atoms with van der Waals surface area (Å²) in [4.78, 5) is 29.0. The molecule has 0 amide bonds. The quantitative estimate of drug-likeness (QED) is 0.448. The first kappa shape index (κ1) is 24.2. The van der Waals surface area contributed by atoms with Crippen molar-refractivity contribution in [2.45, 2.75) is 32.8 Å². The van der Waals surface area contributed by atoms with Crippen LogP contribution >= 0.6 is 15.9 Å². The zero-order valence-corrected chi connectivity index (χ0v) is 20.4. The number of nitrogens with zero attached hydrogens (tertiary/aromatic N) is 3. The van der Waals surface area contributed by atoms with E-state index >= 15 is 0 Å². The fourth-order valence-corrected chi connectivity index (χ4v) is 3.45. The van der Waals surface area contributed by atoms with E-state index in [4.69, 9.17) is 19.3 Å². The van der Waals surface area contributed by atoms with Crippen molar-refractivity contribution in [3.63, 3.8) is 0 Å². The van der Waals surface area contributed by atoms with Crippen LogP contribution in [0.25, 0.3) is 10.9 Å². The first-order chi connectivity index (χ1) is 15.7. The highest BCUT2D eigenvalue weighted by Gasteiger charge is 2.20. The zero-order valence-electron chi connectivity index (χ0n) is 18.8. The Morgan fingerprint density at radius 1 is 1.15 bits per heavy atom. The van der Waals surface area contributed by atoms with Gasteiger partial charge in [-0.15, -0.1) is 0 Å². The van der Waals surface area contributed by atoms with Gasteiger partial charge in [0.25, 0.3) is 5.56 Å². The lowest BCUT2D eigenvalue weighted by Crippen LogP contribution is -2.23. The molecule has 0 aliphatic rings. The Balaban J connectivity index is 2.11. The molecule has 0 saturated heterocycles. The Hall–Kier alpha value is -3.40. The molecule has 3 aromatic rings. The van der Waals surface area contributed by atoms with Crippen LogP contribution in [-0.2, 0) is 4.79 Å². The Bertz CT molecular complexity index is 1260. The topological polar surface area (TPSA) is 112 Å². The molecule has 174 valence electrons. The Labute approximate surface area is 198 Å². The average Bonchev–Trinajstić information content (AvgIpc) is 2.78. The molecule has 33 heavy (non-hydrogen) atoms. The number of aromatic nitrogens is 2. The number of benzene rings is 2. The van der Waals surface area contributed by atoms with E-state index in [0.717, 1.165) is 4.47 Å². The molecule has 2 aromatic carbocycles. The standard InChI is InChI=1S/C23H24BrN3O6/c1-12(2)21-26-17-7-6-15(24)10-16(17)22(28)27(21)25-11-14-8-18(31-4)20(19(9-14)32-5)33-13(3)23(29)30/h6-13H,1-5H3,(H,29,30)/t13-/m0/s1. The molecule has 0 radical (unpaired) electrons. The molecule has 10 heteroatoms. The molecule has 0 aliphatic carbocycles. The van der Waals surface area contributed by atoms with Crippen molar-refractivity contribution in [3.05, 3.63) is 56.5 Å². The fraction of sp³-hybridized carbons (Fsp3) is 0.304. The van der Waals surface area contributed by atoms with Gasteiger partial charge in [0, 0.05) is 16.0 Å². The number of ether oxygens (including phenoxy) is 3. The molecule has 9 nitrogen and oxygen atoms in total. The number of fused-ring (bicyclic) bond motifs is 1. The van der Waals surface area contributed by atoms with Crippen molar-refractivity contribution in [2.24, 2.45) is 5.10 Å². The molecular weight excluding hydrogens is 494 g/mol. The van der Waals surface area contributed by atoms with Crippen molar-refractivity contribution < 1.29 is 24.1 Å². The summed E-state index contributed by atoms with van der Waals surface area (Å²) in [5, 5.41) is 14.0. The Kier molecular flexibility index (Phi) is 7.37. The van der Waals surface area contributed by atoms with Crippen molar-refractivity contribution in [2.75, 3.05) is 14.2 Å². The molecule has 0 unspecified atom stereocenters. The van der Waals surface area contributed by atoms with E-state index in [-0.39, 0.29) is 28.7 Å². The molecule has 1 N–H and O–H groups in total.